The molecular formula is C25H31FN4O5. The molecular weight excluding hydrogens is 455 g/mol. The molecule has 188 valence electrons. The summed E-state index contributed by atoms with van der Waals surface area (Å²) in [6, 6.07) is 6.36. The summed E-state index contributed by atoms with van der Waals surface area (Å²) in [5, 5.41) is 5.59. The van der Waals surface area contributed by atoms with Gasteiger partial charge in [-0.1, -0.05) is 18.2 Å². The molecule has 1 saturated carbocycles. The second-order valence-corrected chi connectivity index (χ2v) is 11.0. The molecule has 0 aromatic heterocycles. The van der Waals surface area contributed by atoms with Crippen LogP contribution in [0.1, 0.15) is 39.2 Å². The number of likely N-dealkylation sites (tertiary alicyclic amines) is 2. The van der Waals surface area contributed by atoms with E-state index in [0.29, 0.717) is 11.3 Å². The Kier molecular flexibility index (Phi) is 5.52. The fourth-order valence-electron chi connectivity index (χ4n) is 5.42. The molecule has 0 radical (unpaired) electrons. The van der Waals surface area contributed by atoms with Crippen molar-refractivity contribution in [1.82, 2.24) is 15.1 Å². The highest BCUT2D eigenvalue weighted by molar-refractivity contribution is 6.10. The monoisotopic (exact) mass is 486 g/mol. The lowest BCUT2D eigenvalue weighted by atomic mass is 9.72. The normalized spacial score (nSPS) is 26.7. The topological polar surface area (TPSA) is 108 Å². The number of hydrogen-bond acceptors (Lipinski definition) is 5. The van der Waals surface area contributed by atoms with Crippen LogP contribution in [0.3, 0.4) is 0 Å². The van der Waals surface area contributed by atoms with Crippen LogP contribution < -0.4 is 10.6 Å². The van der Waals surface area contributed by atoms with Gasteiger partial charge in [-0.3, -0.25) is 14.4 Å². The van der Waals surface area contributed by atoms with Crippen LogP contribution >= 0.6 is 0 Å². The third-order valence-corrected chi connectivity index (χ3v) is 7.29. The van der Waals surface area contributed by atoms with Crippen molar-refractivity contribution in [3.05, 3.63) is 29.8 Å². The van der Waals surface area contributed by atoms with Crippen molar-refractivity contribution < 1.29 is 28.3 Å². The number of hydrogen-bond donors (Lipinski definition) is 2. The van der Waals surface area contributed by atoms with Crippen LogP contribution in [0.15, 0.2) is 24.3 Å². The van der Waals surface area contributed by atoms with Gasteiger partial charge >= 0.3 is 6.09 Å². The lowest BCUT2D eigenvalue weighted by Crippen LogP contribution is -2.57. The van der Waals surface area contributed by atoms with Gasteiger partial charge in [0.05, 0.1) is 19.0 Å². The number of benzene rings is 1. The van der Waals surface area contributed by atoms with Gasteiger partial charge in [-0.15, -0.1) is 0 Å². The number of fused-ring (bicyclic) bond motifs is 2. The van der Waals surface area contributed by atoms with E-state index in [1.807, 2.05) is 0 Å². The molecule has 1 aromatic carbocycles. The molecule has 2 N–H and O–H groups in total. The average molecular weight is 487 g/mol. The van der Waals surface area contributed by atoms with Crippen molar-refractivity contribution in [1.29, 1.82) is 0 Å². The van der Waals surface area contributed by atoms with Gasteiger partial charge in [0, 0.05) is 18.8 Å². The molecule has 0 bridgehead atoms. The Morgan fingerprint density at radius 1 is 1.14 bits per heavy atom. The summed E-state index contributed by atoms with van der Waals surface area (Å²) in [5.41, 5.74) is -0.695. The smallest absolute Gasteiger partial charge is 0.408 e. The third kappa shape index (κ3) is 4.12. The number of para-hydroxylation sites is 1. The Hall–Kier alpha value is -3.17. The maximum atomic E-state index is 13.7. The minimum absolute atomic E-state index is 0.00642. The first-order chi connectivity index (χ1) is 16.5. The van der Waals surface area contributed by atoms with Crippen molar-refractivity contribution in [2.24, 2.45) is 11.8 Å². The number of alkyl halides is 1. The highest BCUT2D eigenvalue weighted by Gasteiger charge is 2.62. The van der Waals surface area contributed by atoms with Gasteiger partial charge in [0.15, 0.2) is 0 Å². The van der Waals surface area contributed by atoms with Crippen LogP contribution in [0.25, 0.3) is 0 Å². The van der Waals surface area contributed by atoms with Gasteiger partial charge in [-0.2, -0.15) is 0 Å². The van der Waals surface area contributed by atoms with E-state index in [1.165, 1.54) is 9.80 Å². The van der Waals surface area contributed by atoms with Gasteiger partial charge in [0.1, 0.15) is 23.2 Å². The fourth-order valence-corrected chi connectivity index (χ4v) is 5.42. The van der Waals surface area contributed by atoms with Crippen LogP contribution in [0.2, 0.25) is 0 Å². The molecule has 1 aliphatic carbocycles. The number of anilines is 1. The number of nitrogens with one attached hydrogen (secondary N) is 2. The highest BCUT2D eigenvalue weighted by Crippen LogP contribution is 2.49. The van der Waals surface area contributed by atoms with E-state index in [2.05, 4.69) is 10.6 Å². The number of ether oxygens (including phenoxy) is 1. The summed E-state index contributed by atoms with van der Waals surface area (Å²) in [5.74, 6) is -1.87. The SMILES string of the molecule is CC(C)(C)OC(=O)NC(C(=O)N1C[C@H](C(=O)N2CC(F)C2)[C@]2(C1)C(=O)Nc1ccccc12)C1CC1. The number of rotatable bonds is 4. The van der Waals surface area contributed by atoms with Gasteiger partial charge in [0.2, 0.25) is 17.7 Å². The molecule has 4 aliphatic rings. The van der Waals surface area contributed by atoms with E-state index in [4.69, 9.17) is 4.74 Å². The molecule has 3 heterocycles. The Morgan fingerprint density at radius 3 is 2.46 bits per heavy atom. The van der Waals surface area contributed by atoms with Gasteiger partial charge in [0.25, 0.3) is 0 Å². The second kappa shape index (κ2) is 8.20. The maximum Gasteiger partial charge on any atom is 0.408 e. The molecule has 10 heteroatoms. The summed E-state index contributed by atoms with van der Waals surface area (Å²) in [6.07, 6.45) is -0.163. The van der Waals surface area contributed by atoms with Gasteiger partial charge in [-0.05, 0) is 51.2 Å². The van der Waals surface area contributed by atoms with E-state index in [9.17, 15) is 23.6 Å². The second-order valence-electron chi connectivity index (χ2n) is 11.0. The zero-order chi connectivity index (χ0) is 25.1. The van der Waals surface area contributed by atoms with Crippen LogP contribution in [0, 0.1) is 11.8 Å². The molecule has 4 amide bonds. The van der Waals surface area contributed by atoms with Crippen LogP contribution in [0.4, 0.5) is 14.9 Å². The Morgan fingerprint density at radius 2 is 1.83 bits per heavy atom. The summed E-state index contributed by atoms with van der Waals surface area (Å²) >= 11 is 0. The standard InChI is InChI=1S/C25H31FN4O5/c1-24(2,3)35-23(34)28-19(14-8-9-14)21(32)30-12-17(20(31)29-10-15(26)11-29)25(13-30)16-6-4-5-7-18(16)27-22(25)33/h4-7,14-15,17,19H,8-13H2,1-3H3,(H,27,33)(H,28,34)/t17-,19?,25-/m1/s1. The number of amides is 4. The lowest BCUT2D eigenvalue weighted by molar-refractivity contribution is -0.146. The van der Waals surface area contributed by atoms with Crippen molar-refractivity contribution in [2.75, 3.05) is 31.5 Å². The molecule has 1 spiro atoms. The van der Waals surface area contributed by atoms with E-state index in [1.54, 1.807) is 45.0 Å². The van der Waals surface area contributed by atoms with Crippen LogP contribution in [-0.4, -0.2) is 77.6 Å². The number of halogens is 1. The number of carbonyl (C=O) groups is 4. The van der Waals surface area contributed by atoms with E-state index >= 15 is 0 Å². The lowest BCUT2D eigenvalue weighted by Gasteiger charge is -2.38. The molecule has 3 atom stereocenters. The van der Waals surface area contributed by atoms with Gasteiger partial charge < -0.3 is 25.2 Å². The van der Waals surface area contributed by atoms with Crippen molar-refractivity contribution in [2.45, 2.75) is 56.8 Å². The quantitative estimate of drug-likeness (QED) is 0.675. The minimum Gasteiger partial charge on any atom is -0.444 e. The van der Waals surface area contributed by atoms with E-state index < -0.39 is 35.2 Å². The summed E-state index contributed by atoms with van der Waals surface area (Å²) in [4.78, 5) is 55.9. The molecule has 3 aliphatic heterocycles. The van der Waals surface area contributed by atoms with Crippen molar-refractivity contribution in [3.8, 4) is 0 Å². The zero-order valence-electron chi connectivity index (χ0n) is 20.2. The first-order valence-corrected chi connectivity index (χ1v) is 12.1. The first kappa shape index (κ1) is 23.6. The first-order valence-electron chi connectivity index (χ1n) is 12.1. The summed E-state index contributed by atoms with van der Waals surface area (Å²) < 4.78 is 18.9. The highest BCUT2D eigenvalue weighted by atomic mass is 19.1. The largest absolute Gasteiger partial charge is 0.444 e. The Balaban J connectivity index is 1.44. The predicted octanol–water partition coefficient (Wildman–Crippen LogP) is 1.82. The molecule has 2 saturated heterocycles. The molecule has 1 unspecified atom stereocenters. The molecule has 1 aromatic rings. The number of nitrogens with zero attached hydrogens (tertiary/aromatic N) is 2. The molecule has 3 fully saturated rings. The fraction of sp³-hybridized carbons (Fsp3) is 0.600. The van der Waals surface area contributed by atoms with Crippen LogP contribution in [0.5, 0.6) is 0 Å². The molecule has 5 rings (SSSR count). The Bertz CT molecular complexity index is 1080. The van der Waals surface area contributed by atoms with Crippen molar-refractivity contribution in [3.63, 3.8) is 0 Å². The van der Waals surface area contributed by atoms with Crippen LogP contribution in [-0.2, 0) is 24.5 Å². The average Bonchev–Trinajstić information content (AvgIpc) is 3.46. The van der Waals surface area contributed by atoms with Gasteiger partial charge in [-0.25, -0.2) is 9.18 Å². The predicted molar refractivity (Wildman–Crippen MR) is 124 cm³/mol. The maximum absolute atomic E-state index is 13.7. The summed E-state index contributed by atoms with van der Waals surface area (Å²) in [6.45, 7) is 5.25. The number of alkyl carbamates (subject to hydrolysis) is 1. The minimum atomic E-state index is -1.26. The van der Waals surface area contributed by atoms with Crippen molar-refractivity contribution >= 4 is 29.5 Å². The summed E-state index contributed by atoms with van der Waals surface area (Å²) in [7, 11) is 0. The van der Waals surface area contributed by atoms with E-state index in [0.717, 1.165) is 12.8 Å². The Labute approximate surface area is 203 Å². The molecule has 9 nitrogen and oxygen atoms in total. The zero-order valence-corrected chi connectivity index (χ0v) is 20.2. The number of carbonyl (C=O) groups excluding carboxylic acids is 4. The third-order valence-electron chi connectivity index (χ3n) is 7.29. The molecule has 35 heavy (non-hydrogen) atoms. The van der Waals surface area contributed by atoms with E-state index in [-0.39, 0.29) is 49.8 Å².